The maximum absolute atomic E-state index is 13.3. The van der Waals surface area contributed by atoms with Crippen molar-refractivity contribution >= 4 is 67.3 Å². The molecule has 1 saturated heterocycles. The zero-order valence-electron chi connectivity index (χ0n) is 15.1. The number of alkyl halides is 2. The minimum Gasteiger partial charge on any atom is -0.477 e. The molecule has 2 rings (SSSR count). The van der Waals surface area contributed by atoms with E-state index in [9.17, 15) is 24.3 Å². The highest BCUT2D eigenvalue weighted by Crippen LogP contribution is 2.43. The number of fused-ring (bicyclic) bond motifs is 1. The number of β-lactam (4-membered cyclic amide) rings is 1. The number of carbonyl (C=O) groups is 4. The molecule has 0 aromatic rings. The molecule has 0 aliphatic carbocycles. The molecule has 0 aromatic heterocycles. The highest BCUT2D eigenvalue weighted by Gasteiger charge is 2.51. The van der Waals surface area contributed by atoms with Crippen LogP contribution in [0.4, 0.5) is 0 Å². The third-order valence-corrected chi connectivity index (χ3v) is 5.85. The van der Waals surface area contributed by atoms with Gasteiger partial charge in [-0.2, -0.15) is 0 Å². The number of rotatable bonds is 7. The predicted molar refractivity (Wildman–Crippen MR) is 108 cm³/mol. The van der Waals surface area contributed by atoms with Gasteiger partial charge in [-0.1, -0.05) is 45.7 Å². The number of hydrogen-bond donors (Lipinski definition) is 2. The lowest BCUT2D eigenvalue weighted by molar-refractivity contribution is -0.146. The van der Waals surface area contributed by atoms with Crippen LogP contribution in [0.1, 0.15) is 27.2 Å². The Bertz CT molecular complexity index is 688. The van der Waals surface area contributed by atoms with Crippen LogP contribution < -0.4 is 5.32 Å². The van der Waals surface area contributed by atoms with Crippen LogP contribution in [-0.2, 0) is 19.2 Å². The Morgan fingerprint density at radius 2 is 1.85 bits per heavy atom. The van der Waals surface area contributed by atoms with Gasteiger partial charge in [0.2, 0.25) is 11.8 Å². The summed E-state index contributed by atoms with van der Waals surface area (Å²) in [6.07, 6.45) is 0.180. The molecule has 0 radical (unpaired) electrons. The van der Waals surface area contributed by atoms with E-state index in [4.69, 9.17) is 0 Å². The maximum atomic E-state index is 13.3. The molecule has 3 amide bonds. The largest absolute Gasteiger partial charge is 0.477 e. The van der Waals surface area contributed by atoms with E-state index in [-0.39, 0.29) is 39.2 Å². The first kappa shape index (κ1) is 22.2. The Labute approximate surface area is 178 Å². The highest BCUT2D eigenvalue weighted by atomic mass is 79.9. The molecule has 27 heavy (non-hydrogen) atoms. The second-order valence-electron chi connectivity index (χ2n) is 6.48. The minimum atomic E-state index is -1.36. The van der Waals surface area contributed by atoms with Crippen molar-refractivity contribution in [3.05, 3.63) is 11.3 Å². The highest BCUT2D eigenvalue weighted by molar-refractivity contribution is 9.09. The van der Waals surface area contributed by atoms with Crippen LogP contribution in [0.15, 0.2) is 11.3 Å². The van der Waals surface area contributed by atoms with Gasteiger partial charge in [0.1, 0.15) is 11.1 Å². The SMILES string of the molecule is CC(=O)NC1S[C@H]2CC(=O)N2C(C(=O)O)=C1C(=O)N(CC(C)Br)CC(C)Br. The number of nitrogens with zero attached hydrogens (tertiary/aromatic N) is 2. The number of thioether (sulfide) groups is 1. The first-order valence-electron chi connectivity index (χ1n) is 8.32. The van der Waals surface area contributed by atoms with Gasteiger partial charge in [-0.05, 0) is 0 Å². The first-order chi connectivity index (χ1) is 12.5. The van der Waals surface area contributed by atoms with Crippen LogP contribution in [0.3, 0.4) is 0 Å². The summed E-state index contributed by atoms with van der Waals surface area (Å²) < 4.78 is 0. The Balaban J connectivity index is 2.52. The molecule has 3 unspecified atom stereocenters. The molecule has 0 bridgehead atoms. The summed E-state index contributed by atoms with van der Waals surface area (Å²) in [5, 5.41) is 11.2. The molecule has 0 saturated carbocycles. The van der Waals surface area contributed by atoms with Gasteiger partial charge in [0.05, 0.1) is 17.4 Å². The van der Waals surface area contributed by atoms with Gasteiger partial charge < -0.3 is 15.3 Å². The molecule has 8 nitrogen and oxygen atoms in total. The van der Waals surface area contributed by atoms with Crippen molar-refractivity contribution in [3.8, 4) is 0 Å². The Hall–Kier alpha value is -1.07. The first-order valence-corrected chi connectivity index (χ1v) is 11.1. The summed E-state index contributed by atoms with van der Waals surface area (Å²) >= 11 is 8.04. The second kappa shape index (κ2) is 8.95. The van der Waals surface area contributed by atoms with Crippen LogP contribution in [0.25, 0.3) is 0 Å². The summed E-state index contributed by atoms with van der Waals surface area (Å²) in [4.78, 5) is 51.5. The molecular formula is C16H21Br2N3O5S. The molecule has 2 aliphatic heterocycles. The van der Waals surface area contributed by atoms with Crippen LogP contribution >= 0.6 is 43.6 Å². The minimum absolute atomic E-state index is 0.0181. The normalized spacial score (nSPS) is 23.9. The fourth-order valence-corrected chi connectivity index (χ4v) is 5.16. The second-order valence-corrected chi connectivity index (χ2v) is 10.9. The van der Waals surface area contributed by atoms with Gasteiger partial charge in [0, 0.05) is 29.7 Å². The average molecular weight is 527 g/mol. The van der Waals surface area contributed by atoms with Crippen LogP contribution in [0, 0.1) is 0 Å². The van der Waals surface area contributed by atoms with E-state index in [0.717, 1.165) is 4.90 Å². The Morgan fingerprint density at radius 1 is 1.30 bits per heavy atom. The van der Waals surface area contributed by atoms with Crippen molar-refractivity contribution in [2.45, 2.75) is 47.6 Å². The van der Waals surface area contributed by atoms with Crippen molar-refractivity contribution in [2.24, 2.45) is 0 Å². The monoisotopic (exact) mass is 525 g/mol. The van der Waals surface area contributed by atoms with E-state index in [0.29, 0.717) is 13.1 Å². The third kappa shape index (κ3) is 5.05. The van der Waals surface area contributed by atoms with Gasteiger partial charge in [0.25, 0.3) is 5.91 Å². The van der Waals surface area contributed by atoms with E-state index in [2.05, 4.69) is 37.2 Å². The van der Waals surface area contributed by atoms with Crippen LogP contribution in [-0.4, -0.2) is 72.1 Å². The van der Waals surface area contributed by atoms with Gasteiger partial charge in [-0.3, -0.25) is 19.3 Å². The van der Waals surface area contributed by atoms with Gasteiger partial charge in [-0.15, -0.1) is 11.8 Å². The fourth-order valence-electron chi connectivity index (χ4n) is 2.98. The Morgan fingerprint density at radius 3 is 2.26 bits per heavy atom. The van der Waals surface area contributed by atoms with E-state index in [1.165, 1.54) is 23.6 Å². The third-order valence-electron chi connectivity index (χ3n) is 3.96. The smallest absolute Gasteiger partial charge is 0.353 e. The predicted octanol–water partition coefficient (Wildman–Crippen LogP) is 1.49. The molecule has 150 valence electrons. The van der Waals surface area contributed by atoms with E-state index in [1.54, 1.807) is 0 Å². The molecule has 0 aromatic carbocycles. The molecule has 11 heteroatoms. The average Bonchev–Trinajstić information content (AvgIpc) is 2.50. The number of carboxylic acids is 1. The van der Waals surface area contributed by atoms with Crippen LogP contribution in [0.2, 0.25) is 0 Å². The van der Waals surface area contributed by atoms with Gasteiger partial charge in [0.15, 0.2) is 0 Å². The zero-order valence-corrected chi connectivity index (χ0v) is 19.1. The lowest BCUT2D eigenvalue weighted by Crippen LogP contribution is -2.59. The van der Waals surface area contributed by atoms with Crippen molar-refractivity contribution in [1.82, 2.24) is 15.1 Å². The number of carbonyl (C=O) groups excluding carboxylic acids is 3. The molecular weight excluding hydrogens is 506 g/mol. The summed E-state index contributed by atoms with van der Waals surface area (Å²) in [7, 11) is 0. The molecule has 2 N–H and O–H groups in total. The van der Waals surface area contributed by atoms with Crippen molar-refractivity contribution in [3.63, 3.8) is 0 Å². The van der Waals surface area contributed by atoms with Gasteiger partial charge >= 0.3 is 5.97 Å². The number of carboxylic acid groups (broad SMARTS) is 1. The van der Waals surface area contributed by atoms with E-state index >= 15 is 0 Å². The topological polar surface area (TPSA) is 107 Å². The molecule has 2 aliphatic rings. The van der Waals surface area contributed by atoms with Crippen molar-refractivity contribution < 1.29 is 24.3 Å². The zero-order chi connectivity index (χ0) is 20.5. The lowest BCUT2D eigenvalue weighted by Gasteiger charge is -2.46. The summed E-state index contributed by atoms with van der Waals surface area (Å²) in [6.45, 7) is 5.75. The lowest BCUT2D eigenvalue weighted by atomic mass is 10.0. The summed E-state index contributed by atoms with van der Waals surface area (Å²) in [5.74, 6) is -2.58. The quantitative estimate of drug-likeness (QED) is 0.384. The van der Waals surface area contributed by atoms with E-state index in [1.807, 2.05) is 13.8 Å². The van der Waals surface area contributed by atoms with Crippen LogP contribution in [0.5, 0.6) is 0 Å². The Kier molecular flexibility index (Phi) is 7.37. The number of halogens is 2. The molecule has 2 heterocycles. The number of amides is 3. The number of aliphatic carboxylic acids is 1. The van der Waals surface area contributed by atoms with E-state index < -0.39 is 22.6 Å². The van der Waals surface area contributed by atoms with Crippen molar-refractivity contribution in [2.75, 3.05) is 13.1 Å². The summed E-state index contributed by atoms with van der Waals surface area (Å²) in [5.41, 5.74) is -0.415. The maximum Gasteiger partial charge on any atom is 0.353 e. The summed E-state index contributed by atoms with van der Waals surface area (Å²) in [6, 6.07) is 0. The number of nitrogens with one attached hydrogen (secondary N) is 1. The van der Waals surface area contributed by atoms with Gasteiger partial charge in [-0.25, -0.2) is 4.79 Å². The number of hydrogen-bond acceptors (Lipinski definition) is 5. The molecule has 1 fully saturated rings. The molecule has 0 spiro atoms. The van der Waals surface area contributed by atoms with Crippen molar-refractivity contribution in [1.29, 1.82) is 0 Å². The standard InChI is InChI=1S/C16H21Br2N3O5S/c1-7(17)5-20(6-8(2)18)15(24)12-13(16(25)26)21-10(23)4-11(21)27-14(12)19-9(3)22/h7-8,11,14H,4-6H2,1-3H3,(H,19,22)(H,25,26)/t7?,8?,11-,14?/m0/s1. The fraction of sp³-hybridized carbons (Fsp3) is 0.625. The molecule has 4 atom stereocenters.